The van der Waals surface area contributed by atoms with Crippen LogP contribution < -0.4 is 5.32 Å². The number of nitrogens with one attached hydrogen (secondary N) is 1. The first kappa shape index (κ1) is 15.9. The zero-order valence-electron chi connectivity index (χ0n) is 12.3. The zero-order valence-corrected chi connectivity index (χ0v) is 12.3. The van der Waals surface area contributed by atoms with Crippen LogP contribution in [0.3, 0.4) is 0 Å². The summed E-state index contributed by atoms with van der Waals surface area (Å²) >= 11 is 0. The van der Waals surface area contributed by atoms with Gasteiger partial charge < -0.3 is 20.4 Å². The maximum absolute atomic E-state index is 12.4. The van der Waals surface area contributed by atoms with Crippen LogP contribution in [-0.2, 0) is 11.2 Å². The van der Waals surface area contributed by atoms with Gasteiger partial charge in [-0.2, -0.15) is 0 Å². The van der Waals surface area contributed by atoms with Crippen LogP contribution in [0.2, 0.25) is 0 Å². The molecule has 0 saturated carbocycles. The smallest absolute Gasteiger partial charge is 0.255 e. The molecule has 2 rings (SSSR count). The van der Waals surface area contributed by atoms with Crippen LogP contribution in [0.25, 0.3) is 0 Å². The Morgan fingerprint density at radius 3 is 2.76 bits per heavy atom. The van der Waals surface area contributed by atoms with Crippen LogP contribution >= 0.6 is 0 Å². The van der Waals surface area contributed by atoms with E-state index in [9.17, 15) is 9.90 Å². The number of amides is 1. The fraction of sp³-hybridized carbons (Fsp3) is 0.562. The Balaban J connectivity index is 1.90. The van der Waals surface area contributed by atoms with Crippen LogP contribution in [0.15, 0.2) is 30.3 Å². The van der Waals surface area contributed by atoms with Crippen molar-refractivity contribution in [3.63, 3.8) is 0 Å². The number of rotatable bonds is 7. The van der Waals surface area contributed by atoms with E-state index >= 15 is 0 Å². The molecule has 0 spiro atoms. The van der Waals surface area contributed by atoms with Crippen molar-refractivity contribution in [2.24, 2.45) is 0 Å². The summed E-state index contributed by atoms with van der Waals surface area (Å²) in [7, 11) is 0. The van der Waals surface area contributed by atoms with Crippen molar-refractivity contribution in [3.05, 3.63) is 35.9 Å². The van der Waals surface area contributed by atoms with Crippen molar-refractivity contribution in [1.29, 1.82) is 0 Å². The highest BCUT2D eigenvalue weighted by Crippen LogP contribution is 2.22. The van der Waals surface area contributed by atoms with Gasteiger partial charge in [0.25, 0.3) is 5.91 Å². The van der Waals surface area contributed by atoms with Crippen molar-refractivity contribution in [3.8, 4) is 0 Å². The van der Waals surface area contributed by atoms with E-state index < -0.39 is 5.60 Å². The molecule has 1 amide bonds. The number of carbonyl (C=O) groups excluding carboxylic acids is 1. The number of carbonyl (C=O) groups is 1. The molecule has 1 aromatic carbocycles. The molecule has 21 heavy (non-hydrogen) atoms. The summed E-state index contributed by atoms with van der Waals surface area (Å²) in [5.74, 6) is -0.199. The lowest BCUT2D eigenvalue weighted by Gasteiger charge is -2.38. The molecule has 3 N–H and O–H groups in total. The van der Waals surface area contributed by atoms with Gasteiger partial charge in [0.2, 0.25) is 0 Å². The highest BCUT2D eigenvalue weighted by molar-refractivity contribution is 5.86. The Labute approximate surface area is 125 Å². The molecule has 1 aliphatic rings. The normalized spacial score (nSPS) is 22.6. The fourth-order valence-electron chi connectivity index (χ4n) is 2.73. The molecule has 0 aromatic heterocycles. The van der Waals surface area contributed by atoms with Crippen LogP contribution in [0.1, 0.15) is 18.4 Å². The summed E-state index contributed by atoms with van der Waals surface area (Å²) in [5, 5.41) is 22.2. The molecular weight excluding hydrogens is 268 g/mol. The molecule has 1 atom stereocenters. The lowest BCUT2D eigenvalue weighted by Crippen LogP contribution is -2.58. The number of nitrogens with zero attached hydrogens (tertiary/aromatic N) is 1. The Morgan fingerprint density at radius 2 is 2.05 bits per heavy atom. The Morgan fingerprint density at radius 1 is 1.29 bits per heavy atom. The predicted molar refractivity (Wildman–Crippen MR) is 80.9 cm³/mol. The minimum Gasteiger partial charge on any atom is -0.395 e. The minimum absolute atomic E-state index is 0.00198. The summed E-state index contributed by atoms with van der Waals surface area (Å²) in [6.45, 7) is 1.93. The lowest BCUT2D eigenvalue weighted by molar-refractivity contribution is -0.156. The van der Waals surface area contributed by atoms with E-state index in [-0.39, 0.29) is 19.1 Å². The summed E-state index contributed by atoms with van der Waals surface area (Å²) in [6.07, 6.45) is 2.08. The van der Waals surface area contributed by atoms with E-state index in [1.54, 1.807) is 4.90 Å². The molecule has 5 nitrogen and oxygen atoms in total. The molecule has 0 aliphatic carbocycles. The van der Waals surface area contributed by atoms with E-state index in [0.717, 1.165) is 12.8 Å². The standard InChI is InChI=1S/C16H24N2O3/c19-12-9-17-13-16(21)8-4-10-18(15(16)20)11-7-14-5-2-1-3-6-14/h1-3,5-6,17,19,21H,4,7-13H2/t16-/m1/s1. The molecule has 1 fully saturated rings. The van der Waals surface area contributed by atoms with Gasteiger partial charge in [-0.1, -0.05) is 30.3 Å². The van der Waals surface area contributed by atoms with Crippen molar-refractivity contribution < 1.29 is 15.0 Å². The van der Waals surface area contributed by atoms with Gasteiger partial charge in [0.1, 0.15) is 0 Å². The molecule has 116 valence electrons. The van der Waals surface area contributed by atoms with Crippen LogP contribution in [0.4, 0.5) is 0 Å². The van der Waals surface area contributed by atoms with Crippen molar-refractivity contribution in [1.82, 2.24) is 10.2 Å². The third-order valence-corrected chi connectivity index (χ3v) is 3.92. The second-order valence-electron chi connectivity index (χ2n) is 5.56. The summed E-state index contributed by atoms with van der Waals surface area (Å²) < 4.78 is 0. The summed E-state index contributed by atoms with van der Waals surface area (Å²) in [6, 6.07) is 10.0. The molecule has 1 aliphatic heterocycles. The van der Waals surface area contributed by atoms with Gasteiger partial charge in [0, 0.05) is 26.2 Å². The Kier molecular flexibility index (Phi) is 5.73. The molecular formula is C16H24N2O3. The average molecular weight is 292 g/mol. The van der Waals surface area contributed by atoms with Gasteiger partial charge in [0.05, 0.1) is 6.61 Å². The van der Waals surface area contributed by atoms with Crippen molar-refractivity contribution in [2.45, 2.75) is 24.9 Å². The molecule has 0 bridgehead atoms. The van der Waals surface area contributed by atoms with Crippen LogP contribution in [0, 0.1) is 0 Å². The quantitative estimate of drug-likeness (QED) is 0.626. The molecule has 1 heterocycles. The number of hydrogen-bond acceptors (Lipinski definition) is 4. The zero-order chi connectivity index (χ0) is 15.1. The molecule has 0 unspecified atom stereocenters. The van der Waals surface area contributed by atoms with Gasteiger partial charge in [-0.25, -0.2) is 0 Å². The van der Waals surface area contributed by atoms with Crippen LogP contribution in [-0.4, -0.2) is 59.4 Å². The highest BCUT2D eigenvalue weighted by atomic mass is 16.3. The van der Waals surface area contributed by atoms with E-state index in [1.807, 2.05) is 30.3 Å². The highest BCUT2D eigenvalue weighted by Gasteiger charge is 2.41. The van der Waals surface area contributed by atoms with Gasteiger partial charge in [0.15, 0.2) is 5.60 Å². The van der Waals surface area contributed by atoms with Gasteiger partial charge in [-0.3, -0.25) is 4.79 Å². The molecule has 1 saturated heterocycles. The van der Waals surface area contributed by atoms with Gasteiger partial charge in [-0.15, -0.1) is 0 Å². The molecule has 5 heteroatoms. The third-order valence-electron chi connectivity index (χ3n) is 3.92. The SMILES string of the molecule is O=C1N(CCc2ccccc2)CCC[C@@]1(O)CNCCO. The monoisotopic (exact) mass is 292 g/mol. The fourth-order valence-corrected chi connectivity index (χ4v) is 2.73. The van der Waals surface area contributed by atoms with E-state index in [0.29, 0.717) is 26.1 Å². The number of benzene rings is 1. The largest absolute Gasteiger partial charge is 0.395 e. The number of hydrogen-bond donors (Lipinski definition) is 3. The first-order valence-electron chi connectivity index (χ1n) is 7.53. The topological polar surface area (TPSA) is 72.8 Å². The van der Waals surface area contributed by atoms with E-state index in [1.165, 1.54) is 5.56 Å². The van der Waals surface area contributed by atoms with Crippen LogP contribution in [0.5, 0.6) is 0 Å². The predicted octanol–water partition coefficient (Wildman–Crippen LogP) is 0.164. The Bertz CT molecular complexity index is 452. The Hall–Kier alpha value is -1.43. The van der Waals surface area contributed by atoms with E-state index in [2.05, 4.69) is 5.32 Å². The number of likely N-dealkylation sites (tertiary alicyclic amines) is 1. The summed E-state index contributed by atoms with van der Waals surface area (Å²) in [5.41, 5.74) is -0.137. The third kappa shape index (κ3) is 4.27. The first-order valence-corrected chi connectivity index (χ1v) is 7.53. The maximum Gasteiger partial charge on any atom is 0.255 e. The van der Waals surface area contributed by atoms with E-state index in [4.69, 9.17) is 5.11 Å². The van der Waals surface area contributed by atoms with Crippen molar-refractivity contribution >= 4 is 5.91 Å². The molecule has 0 radical (unpaired) electrons. The first-order chi connectivity index (χ1) is 10.2. The summed E-state index contributed by atoms with van der Waals surface area (Å²) in [4.78, 5) is 14.2. The lowest BCUT2D eigenvalue weighted by atomic mass is 9.91. The second kappa shape index (κ2) is 7.54. The molecule has 1 aromatic rings. The minimum atomic E-state index is -1.33. The number of aliphatic hydroxyl groups is 2. The second-order valence-corrected chi connectivity index (χ2v) is 5.56. The number of aliphatic hydroxyl groups excluding tert-OH is 1. The van der Waals surface area contributed by atoms with Gasteiger partial charge in [-0.05, 0) is 24.8 Å². The van der Waals surface area contributed by atoms with Gasteiger partial charge >= 0.3 is 0 Å². The average Bonchev–Trinajstić information content (AvgIpc) is 2.50. The maximum atomic E-state index is 12.4. The van der Waals surface area contributed by atoms with Crippen molar-refractivity contribution in [2.75, 3.05) is 32.8 Å². The number of piperidine rings is 1.